The lowest BCUT2D eigenvalue weighted by atomic mass is 9.91. The number of aldehydes is 1. The minimum absolute atomic E-state index is 0. The van der Waals surface area contributed by atoms with Crippen molar-refractivity contribution in [2.75, 3.05) is 0 Å². The SMILES string of the molecule is CCC(C)C.N.O=CC1CCCCC1. The molecule has 1 aliphatic rings. The highest BCUT2D eigenvalue weighted by molar-refractivity contribution is 5.53. The number of hydrogen-bond acceptors (Lipinski definition) is 2. The largest absolute Gasteiger partial charge is 0.344 e. The van der Waals surface area contributed by atoms with Gasteiger partial charge in [0.05, 0.1) is 0 Å². The van der Waals surface area contributed by atoms with E-state index in [-0.39, 0.29) is 6.15 Å². The zero-order valence-electron chi connectivity index (χ0n) is 10.1. The van der Waals surface area contributed by atoms with Crippen LogP contribution in [0.5, 0.6) is 0 Å². The molecule has 2 heteroatoms. The molecule has 0 atom stereocenters. The maximum Gasteiger partial charge on any atom is 0.123 e. The van der Waals surface area contributed by atoms with Crippen LogP contribution in [-0.2, 0) is 4.79 Å². The molecule has 2 nitrogen and oxygen atoms in total. The predicted octanol–water partition coefficient (Wildman–Crippen LogP) is 3.98. The fourth-order valence-electron chi connectivity index (χ4n) is 1.27. The summed E-state index contributed by atoms with van der Waals surface area (Å²) in [5, 5.41) is 0. The van der Waals surface area contributed by atoms with E-state index in [2.05, 4.69) is 20.8 Å². The van der Waals surface area contributed by atoms with E-state index in [1.165, 1.54) is 25.7 Å². The van der Waals surface area contributed by atoms with Crippen LogP contribution >= 0.6 is 0 Å². The van der Waals surface area contributed by atoms with Crippen molar-refractivity contribution in [3.8, 4) is 0 Å². The molecule has 0 unspecified atom stereocenters. The third-order valence-electron chi connectivity index (χ3n) is 2.66. The molecule has 0 saturated heterocycles. The van der Waals surface area contributed by atoms with Crippen molar-refractivity contribution in [3.63, 3.8) is 0 Å². The second-order valence-corrected chi connectivity index (χ2v) is 4.34. The smallest absolute Gasteiger partial charge is 0.123 e. The lowest BCUT2D eigenvalue weighted by Gasteiger charge is -2.14. The molecule has 0 bridgehead atoms. The first-order valence-corrected chi connectivity index (χ1v) is 5.66. The Morgan fingerprint density at radius 1 is 1.21 bits per heavy atom. The summed E-state index contributed by atoms with van der Waals surface area (Å²) in [7, 11) is 0. The molecule has 86 valence electrons. The van der Waals surface area contributed by atoms with Crippen LogP contribution in [0, 0.1) is 11.8 Å². The van der Waals surface area contributed by atoms with E-state index in [4.69, 9.17) is 0 Å². The second kappa shape index (κ2) is 10.7. The Labute approximate surface area is 89.1 Å². The molecule has 0 aromatic rings. The van der Waals surface area contributed by atoms with E-state index in [1.54, 1.807) is 0 Å². The molecule has 0 amide bonds. The number of carbonyl (C=O) groups is 1. The van der Waals surface area contributed by atoms with Gasteiger partial charge >= 0.3 is 0 Å². The van der Waals surface area contributed by atoms with Gasteiger partial charge in [0.15, 0.2) is 0 Å². The Morgan fingerprint density at radius 2 is 1.64 bits per heavy atom. The van der Waals surface area contributed by atoms with Crippen molar-refractivity contribution in [3.05, 3.63) is 0 Å². The van der Waals surface area contributed by atoms with Crippen molar-refractivity contribution in [1.82, 2.24) is 6.15 Å². The fraction of sp³-hybridized carbons (Fsp3) is 0.917. The summed E-state index contributed by atoms with van der Waals surface area (Å²) in [5.41, 5.74) is 0. The molecule has 0 aromatic heterocycles. The molecule has 0 heterocycles. The Hall–Kier alpha value is -0.370. The van der Waals surface area contributed by atoms with Gasteiger partial charge in [0.25, 0.3) is 0 Å². The maximum absolute atomic E-state index is 10.2. The van der Waals surface area contributed by atoms with Crippen LogP contribution in [0.15, 0.2) is 0 Å². The minimum atomic E-state index is 0. The van der Waals surface area contributed by atoms with Crippen LogP contribution < -0.4 is 6.15 Å². The molecule has 14 heavy (non-hydrogen) atoms. The molecule has 0 aromatic carbocycles. The average Bonchev–Trinajstić information content (AvgIpc) is 2.20. The Bertz CT molecular complexity index is 117. The van der Waals surface area contributed by atoms with Gasteiger partial charge in [-0.15, -0.1) is 0 Å². The van der Waals surface area contributed by atoms with E-state index in [0.29, 0.717) is 5.92 Å². The zero-order valence-corrected chi connectivity index (χ0v) is 10.1. The van der Waals surface area contributed by atoms with E-state index in [0.717, 1.165) is 25.0 Å². The van der Waals surface area contributed by atoms with Gasteiger partial charge in [0.2, 0.25) is 0 Å². The van der Waals surface area contributed by atoms with Crippen LogP contribution in [0.2, 0.25) is 0 Å². The predicted molar refractivity (Wildman–Crippen MR) is 62.8 cm³/mol. The molecule has 0 radical (unpaired) electrons. The summed E-state index contributed by atoms with van der Waals surface area (Å²) < 4.78 is 0. The Morgan fingerprint density at radius 3 is 1.86 bits per heavy atom. The summed E-state index contributed by atoms with van der Waals surface area (Å²) in [5.74, 6) is 1.29. The Balaban J connectivity index is 0. The lowest BCUT2D eigenvalue weighted by molar-refractivity contribution is -0.111. The van der Waals surface area contributed by atoms with Gasteiger partial charge in [0, 0.05) is 5.92 Å². The summed E-state index contributed by atoms with van der Waals surface area (Å²) in [4.78, 5) is 10.2. The van der Waals surface area contributed by atoms with Crippen LogP contribution in [0.4, 0.5) is 0 Å². The van der Waals surface area contributed by atoms with Gasteiger partial charge in [-0.25, -0.2) is 0 Å². The third kappa shape index (κ3) is 9.72. The highest BCUT2D eigenvalue weighted by atomic mass is 16.1. The van der Waals surface area contributed by atoms with Gasteiger partial charge < -0.3 is 10.9 Å². The van der Waals surface area contributed by atoms with Crippen molar-refractivity contribution >= 4 is 6.29 Å². The molecule has 1 rings (SSSR count). The van der Waals surface area contributed by atoms with Crippen molar-refractivity contribution in [2.24, 2.45) is 11.8 Å². The molecule has 0 spiro atoms. The lowest BCUT2D eigenvalue weighted by Crippen LogP contribution is -2.06. The van der Waals surface area contributed by atoms with Crippen LogP contribution in [-0.4, -0.2) is 6.29 Å². The van der Waals surface area contributed by atoms with Crippen LogP contribution in [0.3, 0.4) is 0 Å². The average molecular weight is 201 g/mol. The summed E-state index contributed by atoms with van der Waals surface area (Å²) in [6, 6.07) is 0. The quantitative estimate of drug-likeness (QED) is 0.687. The highest BCUT2D eigenvalue weighted by Crippen LogP contribution is 2.21. The Kier molecular flexibility index (Phi) is 12.3. The normalized spacial score (nSPS) is 16.6. The van der Waals surface area contributed by atoms with Gasteiger partial charge in [-0.1, -0.05) is 46.5 Å². The number of hydrogen-bond donors (Lipinski definition) is 1. The van der Waals surface area contributed by atoms with Gasteiger partial charge in [-0.3, -0.25) is 0 Å². The molecule has 1 aliphatic carbocycles. The molecule has 0 aliphatic heterocycles. The zero-order chi connectivity index (χ0) is 10.1. The third-order valence-corrected chi connectivity index (χ3v) is 2.66. The van der Waals surface area contributed by atoms with E-state index < -0.39 is 0 Å². The molecule has 3 N–H and O–H groups in total. The summed E-state index contributed by atoms with van der Waals surface area (Å²) in [6.07, 6.45) is 8.57. The van der Waals surface area contributed by atoms with Crippen molar-refractivity contribution < 1.29 is 4.79 Å². The monoisotopic (exact) mass is 201 g/mol. The van der Waals surface area contributed by atoms with Gasteiger partial charge in [-0.2, -0.15) is 0 Å². The maximum atomic E-state index is 10.2. The van der Waals surface area contributed by atoms with Crippen LogP contribution in [0.1, 0.15) is 59.3 Å². The summed E-state index contributed by atoms with van der Waals surface area (Å²) >= 11 is 0. The second-order valence-electron chi connectivity index (χ2n) is 4.34. The molecular weight excluding hydrogens is 174 g/mol. The van der Waals surface area contributed by atoms with E-state index in [1.807, 2.05) is 0 Å². The topological polar surface area (TPSA) is 52.1 Å². The van der Waals surface area contributed by atoms with Crippen molar-refractivity contribution in [1.29, 1.82) is 0 Å². The highest BCUT2D eigenvalue weighted by Gasteiger charge is 2.10. The summed E-state index contributed by atoms with van der Waals surface area (Å²) in [6.45, 7) is 6.64. The first-order valence-electron chi connectivity index (χ1n) is 5.66. The van der Waals surface area contributed by atoms with E-state index in [9.17, 15) is 4.79 Å². The minimum Gasteiger partial charge on any atom is -0.344 e. The first-order chi connectivity index (χ1) is 6.20. The van der Waals surface area contributed by atoms with Gasteiger partial charge in [0.1, 0.15) is 6.29 Å². The fourth-order valence-corrected chi connectivity index (χ4v) is 1.27. The first kappa shape index (κ1) is 16.1. The molecule has 1 fully saturated rings. The van der Waals surface area contributed by atoms with Gasteiger partial charge in [-0.05, 0) is 18.8 Å². The number of rotatable bonds is 2. The van der Waals surface area contributed by atoms with Crippen LogP contribution in [0.25, 0.3) is 0 Å². The molecule has 1 saturated carbocycles. The van der Waals surface area contributed by atoms with E-state index >= 15 is 0 Å². The molecular formula is C12H27NO. The number of carbonyl (C=O) groups excluding carboxylic acids is 1. The van der Waals surface area contributed by atoms with Crippen molar-refractivity contribution in [2.45, 2.75) is 59.3 Å². The standard InChI is InChI=1S/C7H12O.C5H12.H3N/c8-6-7-4-2-1-3-5-7;1-4-5(2)3;/h6-7H,1-5H2;5H,4H2,1-3H3;1H3.